The molecule has 0 aliphatic rings. The lowest BCUT2D eigenvalue weighted by Crippen LogP contribution is -2.05. The summed E-state index contributed by atoms with van der Waals surface area (Å²) < 4.78 is 6.90. The predicted molar refractivity (Wildman–Crippen MR) is 124 cm³/mol. The lowest BCUT2D eigenvalue weighted by atomic mass is 10.1. The minimum atomic E-state index is -0.354. The Kier molecular flexibility index (Phi) is 6.39. The van der Waals surface area contributed by atoms with Crippen molar-refractivity contribution in [1.82, 2.24) is 14.8 Å². The van der Waals surface area contributed by atoms with Crippen LogP contribution in [0.3, 0.4) is 0 Å². The molecule has 5 nitrogen and oxygen atoms in total. The maximum absolute atomic E-state index is 12.1. The number of aryl methyl sites for hydroxylation is 1. The molecule has 0 radical (unpaired) electrons. The molecule has 0 spiro atoms. The Labute approximate surface area is 190 Å². The van der Waals surface area contributed by atoms with E-state index in [1.807, 2.05) is 78.2 Å². The highest BCUT2D eigenvalue weighted by Gasteiger charge is 2.19. The second kappa shape index (κ2) is 9.37. The largest absolute Gasteiger partial charge is 0.465 e. The molecule has 0 saturated heterocycles. The van der Waals surface area contributed by atoms with Gasteiger partial charge in [0, 0.05) is 17.0 Å². The first-order valence-corrected chi connectivity index (χ1v) is 11.0. The molecule has 3 aromatic carbocycles. The van der Waals surface area contributed by atoms with E-state index in [0.29, 0.717) is 27.3 Å². The molecule has 31 heavy (non-hydrogen) atoms. The first kappa shape index (κ1) is 21.2. The van der Waals surface area contributed by atoms with Crippen molar-refractivity contribution < 1.29 is 9.53 Å². The molecule has 0 atom stereocenters. The van der Waals surface area contributed by atoms with Crippen molar-refractivity contribution in [3.63, 3.8) is 0 Å². The van der Waals surface area contributed by atoms with Crippen molar-refractivity contribution in [2.45, 2.75) is 17.8 Å². The maximum Gasteiger partial charge on any atom is 0.338 e. The molecule has 0 fully saturated rings. The molecule has 0 aliphatic heterocycles. The number of carbonyl (C=O) groups excluding carboxylic acids is 1. The number of thioether (sulfide) groups is 1. The van der Waals surface area contributed by atoms with Gasteiger partial charge in [0.25, 0.3) is 0 Å². The topological polar surface area (TPSA) is 57.0 Å². The van der Waals surface area contributed by atoms with Gasteiger partial charge in [-0.2, -0.15) is 0 Å². The van der Waals surface area contributed by atoms with E-state index in [-0.39, 0.29) is 5.97 Å². The fraction of sp³-hybridized carbons (Fsp3) is 0.125. The first-order chi connectivity index (χ1) is 15.1. The highest BCUT2D eigenvalue weighted by Crippen LogP contribution is 2.33. The molecule has 0 unspecified atom stereocenters. The number of halogens is 1. The number of benzene rings is 3. The van der Waals surface area contributed by atoms with E-state index in [2.05, 4.69) is 10.2 Å². The zero-order chi connectivity index (χ0) is 21.8. The minimum Gasteiger partial charge on any atom is -0.465 e. The highest BCUT2D eigenvalue weighted by molar-refractivity contribution is 7.98. The van der Waals surface area contributed by atoms with Gasteiger partial charge in [-0.1, -0.05) is 71.4 Å². The molecule has 4 rings (SSSR count). The monoisotopic (exact) mass is 449 g/mol. The van der Waals surface area contributed by atoms with E-state index >= 15 is 0 Å². The van der Waals surface area contributed by atoms with Gasteiger partial charge in [0.15, 0.2) is 11.0 Å². The molecule has 0 saturated carbocycles. The van der Waals surface area contributed by atoms with Crippen LogP contribution in [0, 0.1) is 6.92 Å². The average molecular weight is 450 g/mol. The fourth-order valence-corrected chi connectivity index (χ4v) is 4.38. The molecule has 1 heterocycles. The van der Waals surface area contributed by atoms with Gasteiger partial charge in [-0.15, -0.1) is 10.2 Å². The molecular weight excluding hydrogens is 430 g/mol. The Morgan fingerprint density at radius 2 is 1.71 bits per heavy atom. The van der Waals surface area contributed by atoms with Gasteiger partial charge in [0.05, 0.1) is 17.7 Å². The summed E-state index contributed by atoms with van der Waals surface area (Å²) in [4.78, 5) is 12.1. The lowest BCUT2D eigenvalue weighted by Gasteiger charge is -2.12. The second-order valence-electron chi connectivity index (χ2n) is 6.89. The van der Waals surface area contributed by atoms with Gasteiger partial charge < -0.3 is 4.74 Å². The predicted octanol–water partition coefficient (Wildman–Crippen LogP) is 5.98. The highest BCUT2D eigenvalue weighted by atomic mass is 35.5. The molecule has 0 bridgehead atoms. The maximum atomic E-state index is 12.1. The molecule has 156 valence electrons. The van der Waals surface area contributed by atoms with Gasteiger partial charge in [-0.05, 0) is 42.8 Å². The van der Waals surface area contributed by atoms with Crippen LogP contribution in [0.2, 0.25) is 5.02 Å². The van der Waals surface area contributed by atoms with E-state index in [4.69, 9.17) is 16.3 Å². The number of aromatic nitrogens is 3. The summed E-state index contributed by atoms with van der Waals surface area (Å²) in [5.41, 5.74) is 4.33. The molecule has 0 aliphatic carbocycles. The first-order valence-electron chi connectivity index (χ1n) is 9.65. The Morgan fingerprint density at radius 3 is 2.45 bits per heavy atom. The summed E-state index contributed by atoms with van der Waals surface area (Å²) in [7, 11) is 1.39. The standard InChI is InChI=1S/C24H20ClN3O2S/c1-16-11-13-18(14-12-16)28-22(20-9-5-6-10-21(20)25)26-27-24(28)31-15-17-7-3-4-8-19(17)23(29)30-2/h3-14H,15H2,1-2H3. The van der Waals surface area contributed by atoms with Crippen molar-refractivity contribution >= 4 is 29.3 Å². The van der Waals surface area contributed by atoms with Crippen LogP contribution in [0.5, 0.6) is 0 Å². The van der Waals surface area contributed by atoms with Crippen LogP contribution in [-0.2, 0) is 10.5 Å². The van der Waals surface area contributed by atoms with Crippen LogP contribution in [-0.4, -0.2) is 27.8 Å². The fourth-order valence-electron chi connectivity index (χ4n) is 3.20. The Hall–Kier alpha value is -3.09. The molecule has 0 N–H and O–H groups in total. The van der Waals surface area contributed by atoms with Crippen molar-refractivity contribution in [1.29, 1.82) is 0 Å². The van der Waals surface area contributed by atoms with Crippen molar-refractivity contribution in [3.05, 3.63) is 94.5 Å². The summed E-state index contributed by atoms with van der Waals surface area (Å²) in [6.45, 7) is 2.05. The SMILES string of the molecule is COC(=O)c1ccccc1CSc1nnc(-c2ccccc2Cl)n1-c1ccc(C)cc1. The van der Waals surface area contributed by atoms with Gasteiger partial charge in [-0.25, -0.2) is 4.79 Å². The van der Waals surface area contributed by atoms with Crippen molar-refractivity contribution in [3.8, 4) is 17.1 Å². The summed E-state index contributed by atoms with van der Waals surface area (Å²) in [6, 6.07) is 23.2. The van der Waals surface area contributed by atoms with Crippen LogP contribution in [0.25, 0.3) is 17.1 Å². The van der Waals surface area contributed by atoms with Crippen LogP contribution in [0.4, 0.5) is 0 Å². The molecular formula is C24H20ClN3O2S. The van der Waals surface area contributed by atoms with Gasteiger partial charge in [-0.3, -0.25) is 4.57 Å². The summed E-state index contributed by atoms with van der Waals surface area (Å²) >= 11 is 7.96. The number of rotatable bonds is 6. The van der Waals surface area contributed by atoms with Crippen LogP contribution >= 0.6 is 23.4 Å². The number of ether oxygens (including phenoxy) is 1. The van der Waals surface area contributed by atoms with Crippen LogP contribution in [0.1, 0.15) is 21.5 Å². The molecule has 0 amide bonds. The third-order valence-electron chi connectivity index (χ3n) is 4.82. The third kappa shape index (κ3) is 4.50. The Morgan fingerprint density at radius 1 is 1.00 bits per heavy atom. The van der Waals surface area contributed by atoms with E-state index in [9.17, 15) is 4.79 Å². The van der Waals surface area contributed by atoms with Crippen LogP contribution in [0.15, 0.2) is 78.0 Å². The van der Waals surface area contributed by atoms with E-state index in [1.54, 1.807) is 6.07 Å². The second-order valence-corrected chi connectivity index (χ2v) is 8.24. The van der Waals surface area contributed by atoms with Crippen molar-refractivity contribution in [2.75, 3.05) is 7.11 Å². The number of methoxy groups -OCH3 is 1. The van der Waals surface area contributed by atoms with E-state index in [1.165, 1.54) is 18.9 Å². The summed E-state index contributed by atoms with van der Waals surface area (Å²) in [5.74, 6) is 0.851. The Balaban J connectivity index is 1.75. The average Bonchev–Trinajstić information content (AvgIpc) is 3.22. The summed E-state index contributed by atoms with van der Waals surface area (Å²) in [5, 5.41) is 10.2. The minimum absolute atomic E-state index is 0.354. The number of esters is 1. The lowest BCUT2D eigenvalue weighted by molar-refractivity contribution is 0.0600. The number of carbonyl (C=O) groups is 1. The van der Waals surface area contributed by atoms with Gasteiger partial charge in [0.1, 0.15) is 0 Å². The van der Waals surface area contributed by atoms with Gasteiger partial charge in [0.2, 0.25) is 0 Å². The van der Waals surface area contributed by atoms with E-state index < -0.39 is 0 Å². The zero-order valence-corrected chi connectivity index (χ0v) is 18.7. The molecule has 4 aromatic rings. The van der Waals surface area contributed by atoms with Crippen LogP contribution < -0.4 is 0 Å². The third-order valence-corrected chi connectivity index (χ3v) is 6.13. The Bertz CT molecular complexity index is 1220. The van der Waals surface area contributed by atoms with Gasteiger partial charge >= 0.3 is 5.97 Å². The molecule has 1 aromatic heterocycles. The number of hydrogen-bond acceptors (Lipinski definition) is 5. The van der Waals surface area contributed by atoms with Crippen molar-refractivity contribution in [2.24, 2.45) is 0 Å². The summed E-state index contributed by atoms with van der Waals surface area (Å²) in [6.07, 6.45) is 0. The quantitative estimate of drug-likeness (QED) is 0.268. The number of hydrogen-bond donors (Lipinski definition) is 0. The smallest absolute Gasteiger partial charge is 0.338 e. The zero-order valence-electron chi connectivity index (χ0n) is 17.1. The molecule has 7 heteroatoms. The number of nitrogens with zero attached hydrogens (tertiary/aromatic N) is 3. The van der Waals surface area contributed by atoms with E-state index in [0.717, 1.165) is 22.4 Å². The normalized spacial score (nSPS) is 10.8.